The monoisotopic (exact) mass is 285 g/mol. The van der Waals surface area contributed by atoms with E-state index in [0.29, 0.717) is 19.4 Å². The molecule has 112 valence electrons. The molecule has 0 heterocycles. The first-order valence-electron chi connectivity index (χ1n) is 7.52. The number of anilines is 1. The number of hydrogen-bond acceptors (Lipinski definition) is 2. The minimum atomic E-state index is -0.825. The topological polar surface area (TPSA) is 37.4 Å². The Balaban J connectivity index is 2.37. The Morgan fingerprint density at radius 2 is 1.81 bits per heavy atom. The normalized spacial score (nSPS) is 16.5. The molecule has 3 nitrogen and oxygen atoms in total. The van der Waals surface area contributed by atoms with Gasteiger partial charge in [0.25, 0.3) is 0 Å². The molecule has 0 radical (unpaired) electrons. The van der Waals surface area contributed by atoms with E-state index in [-0.39, 0.29) is 11.7 Å². The molecule has 1 amide bonds. The fraction of sp³-hybridized carbons (Fsp3) is 0.444. The Labute approximate surface area is 126 Å². The summed E-state index contributed by atoms with van der Waals surface area (Å²) in [4.78, 5) is 26.9. The average Bonchev–Trinajstić information content (AvgIpc) is 2.96. The van der Waals surface area contributed by atoms with Crippen LogP contribution in [0.1, 0.15) is 38.2 Å². The first-order chi connectivity index (χ1) is 10.0. The predicted octanol–water partition coefficient (Wildman–Crippen LogP) is 3.66. The van der Waals surface area contributed by atoms with Crippen LogP contribution < -0.4 is 4.90 Å². The van der Waals surface area contributed by atoms with Gasteiger partial charge in [0.05, 0.1) is 0 Å². The van der Waals surface area contributed by atoms with E-state index in [4.69, 9.17) is 0 Å². The molecule has 3 heteroatoms. The van der Waals surface area contributed by atoms with Crippen LogP contribution >= 0.6 is 0 Å². The molecule has 0 spiro atoms. The van der Waals surface area contributed by atoms with Crippen LogP contribution in [0.25, 0.3) is 0 Å². The lowest BCUT2D eigenvalue weighted by atomic mass is 9.80. The summed E-state index contributed by atoms with van der Waals surface area (Å²) in [5, 5.41) is 0. The maximum Gasteiger partial charge on any atom is 0.240 e. The number of carbonyl (C=O) groups excluding carboxylic acids is 2. The zero-order valence-corrected chi connectivity index (χ0v) is 12.9. The van der Waals surface area contributed by atoms with Crippen molar-refractivity contribution in [3.8, 4) is 0 Å². The second-order valence-corrected chi connectivity index (χ2v) is 5.89. The highest BCUT2D eigenvalue weighted by Gasteiger charge is 2.47. The van der Waals surface area contributed by atoms with Gasteiger partial charge in [0.15, 0.2) is 0 Å². The van der Waals surface area contributed by atoms with Crippen molar-refractivity contribution in [2.45, 2.75) is 39.5 Å². The van der Waals surface area contributed by atoms with Gasteiger partial charge in [-0.15, -0.1) is 6.58 Å². The van der Waals surface area contributed by atoms with Crippen LogP contribution in [0.3, 0.4) is 0 Å². The van der Waals surface area contributed by atoms with Crippen molar-refractivity contribution in [1.82, 2.24) is 0 Å². The molecule has 1 aliphatic rings. The molecule has 0 saturated heterocycles. The maximum absolute atomic E-state index is 13.0. The summed E-state index contributed by atoms with van der Waals surface area (Å²) in [5.41, 5.74) is 1.15. The zero-order valence-electron chi connectivity index (χ0n) is 12.9. The van der Waals surface area contributed by atoms with E-state index in [1.165, 1.54) is 0 Å². The number of aryl methyl sites for hydroxylation is 1. The number of amides is 1. The molecule has 0 aliphatic heterocycles. The Morgan fingerprint density at radius 1 is 1.24 bits per heavy atom. The molecule has 1 aliphatic carbocycles. The van der Waals surface area contributed by atoms with Crippen molar-refractivity contribution < 1.29 is 9.59 Å². The third-order valence-electron chi connectivity index (χ3n) is 4.44. The van der Waals surface area contributed by atoms with Crippen molar-refractivity contribution in [2.75, 3.05) is 11.4 Å². The van der Waals surface area contributed by atoms with Gasteiger partial charge in [-0.25, -0.2) is 0 Å². The first-order valence-corrected chi connectivity index (χ1v) is 7.52. The highest BCUT2D eigenvalue weighted by molar-refractivity contribution is 6.12. The highest BCUT2D eigenvalue weighted by Crippen LogP contribution is 2.41. The number of Topliss-reactive ketones (excluding diaryl/α,β-unsaturated/α-hetero) is 1. The number of ketones is 1. The predicted molar refractivity (Wildman–Crippen MR) is 85.3 cm³/mol. The van der Waals surface area contributed by atoms with E-state index in [2.05, 4.69) is 6.58 Å². The summed E-state index contributed by atoms with van der Waals surface area (Å²) in [6.07, 6.45) is 4.93. The minimum absolute atomic E-state index is 0.00817. The van der Waals surface area contributed by atoms with E-state index in [1.807, 2.05) is 31.2 Å². The molecule has 0 unspecified atom stereocenters. The third-order valence-corrected chi connectivity index (χ3v) is 4.44. The SMILES string of the molecule is C=CCN(C(=O)C1(C(C)=O)CCCC1)c1ccc(C)cc1. The second kappa shape index (κ2) is 6.25. The molecule has 1 saturated carbocycles. The molecule has 0 bridgehead atoms. The van der Waals surface area contributed by atoms with Crippen LogP contribution in [0.5, 0.6) is 0 Å². The van der Waals surface area contributed by atoms with Crippen LogP contribution in [0.2, 0.25) is 0 Å². The van der Waals surface area contributed by atoms with Crippen molar-refractivity contribution in [3.63, 3.8) is 0 Å². The van der Waals surface area contributed by atoms with E-state index in [1.54, 1.807) is 17.9 Å². The summed E-state index contributed by atoms with van der Waals surface area (Å²) >= 11 is 0. The largest absolute Gasteiger partial charge is 0.308 e. The third kappa shape index (κ3) is 2.92. The molecule has 0 N–H and O–H groups in total. The summed E-state index contributed by atoms with van der Waals surface area (Å²) in [6, 6.07) is 7.82. The quantitative estimate of drug-likeness (QED) is 0.611. The van der Waals surface area contributed by atoms with Gasteiger partial charge < -0.3 is 4.90 Å². The van der Waals surface area contributed by atoms with Gasteiger partial charge in [0, 0.05) is 12.2 Å². The molecule has 0 atom stereocenters. The van der Waals surface area contributed by atoms with E-state index >= 15 is 0 Å². The summed E-state index contributed by atoms with van der Waals surface area (Å²) in [6.45, 7) is 7.73. The minimum Gasteiger partial charge on any atom is -0.308 e. The van der Waals surface area contributed by atoms with Crippen LogP contribution in [0, 0.1) is 12.3 Å². The summed E-state index contributed by atoms with van der Waals surface area (Å²) < 4.78 is 0. The van der Waals surface area contributed by atoms with Crippen molar-refractivity contribution in [3.05, 3.63) is 42.5 Å². The number of benzene rings is 1. The lowest BCUT2D eigenvalue weighted by molar-refractivity contribution is -0.139. The summed E-state index contributed by atoms with van der Waals surface area (Å²) in [7, 11) is 0. The second-order valence-electron chi connectivity index (χ2n) is 5.89. The highest BCUT2D eigenvalue weighted by atomic mass is 16.2. The standard InChI is InChI=1S/C18H23NO2/c1-4-13-19(16-9-7-14(2)8-10-16)17(21)18(15(3)20)11-5-6-12-18/h4,7-10H,1,5-6,11-13H2,2-3H3. The fourth-order valence-corrected chi connectivity index (χ4v) is 3.11. The number of hydrogen-bond donors (Lipinski definition) is 0. The average molecular weight is 285 g/mol. The van der Waals surface area contributed by atoms with Crippen molar-refractivity contribution in [1.29, 1.82) is 0 Å². The molecule has 1 aromatic carbocycles. The molecular weight excluding hydrogens is 262 g/mol. The fourth-order valence-electron chi connectivity index (χ4n) is 3.11. The lowest BCUT2D eigenvalue weighted by Gasteiger charge is -2.32. The van der Waals surface area contributed by atoms with Crippen LogP contribution in [-0.2, 0) is 9.59 Å². The van der Waals surface area contributed by atoms with E-state index in [9.17, 15) is 9.59 Å². The molecule has 1 fully saturated rings. The zero-order chi connectivity index (χ0) is 15.5. The Kier molecular flexibility index (Phi) is 4.61. The van der Waals surface area contributed by atoms with E-state index < -0.39 is 5.41 Å². The first kappa shape index (κ1) is 15.5. The molecule has 2 rings (SSSR count). The number of carbonyl (C=O) groups is 2. The van der Waals surface area contributed by atoms with E-state index in [0.717, 1.165) is 24.1 Å². The van der Waals surface area contributed by atoms with Crippen LogP contribution in [0.15, 0.2) is 36.9 Å². The molecule has 1 aromatic rings. The van der Waals surface area contributed by atoms with Gasteiger partial charge in [0.1, 0.15) is 11.2 Å². The molecule has 21 heavy (non-hydrogen) atoms. The van der Waals surface area contributed by atoms with Crippen LogP contribution in [-0.4, -0.2) is 18.2 Å². The van der Waals surface area contributed by atoms with Gasteiger partial charge in [-0.05, 0) is 38.8 Å². The smallest absolute Gasteiger partial charge is 0.240 e. The Morgan fingerprint density at radius 3 is 2.29 bits per heavy atom. The summed E-state index contributed by atoms with van der Waals surface area (Å²) in [5.74, 6) is -0.0811. The molecule has 0 aromatic heterocycles. The van der Waals surface area contributed by atoms with Crippen LogP contribution in [0.4, 0.5) is 5.69 Å². The molecular formula is C18H23NO2. The number of rotatable bonds is 5. The number of nitrogens with zero attached hydrogens (tertiary/aromatic N) is 1. The van der Waals surface area contributed by atoms with Gasteiger partial charge in [0.2, 0.25) is 5.91 Å². The van der Waals surface area contributed by atoms with Gasteiger partial charge >= 0.3 is 0 Å². The van der Waals surface area contributed by atoms with Crippen molar-refractivity contribution in [2.24, 2.45) is 5.41 Å². The maximum atomic E-state index is 13.0. The van der Waals surface area contributed by atoms with Gasteiger partial charge in [-0.1, -0.05) is 36.6 Å². The van der Waals surface area contributed by atoms with Gasteiger partial charge in [-0.2, -0.15) is 0 Å². The van der Waals surface area contributed by atoms with Gasteiger partial charge in [-0.3, -0.25) is 9.59 Å². The van der Waals surface area contributed by atoms with Crippen molar-refractivity contribution >= 4 is 17.4 Å². The lowest BCUT2D eigenvalue weighted by Crippen LogP contribution is -2.46. The Hall–Kier alpha value is -1.90. The Bertz CT molecular complexity index is 539.